The lowest BCUT2D eigenvalue weighted by atomic mass is 9.83. The minimum atomic E-state index is -0.777. The van der Waals surface area contributed by atoms with Gasteiger partial charge in [0.1, 0.15) is 11.1 Å². The van der Waals surface area contributed by atoms with Crippen LogP contribution in [0.3, 0.4) is 0 Å². The van der Waals surface area contributed by atoms with Crippen molar-refractivity contribution in [3.63, 3.8) is 0 Å². The van der Waals surface area contributed by atoms with E-state index in [1.54, 1.807) is 19.9 Å². The first kappa shape index (κ1) is 25.3. The Kier molecular flexibility index (Phi) is 7.06. The van der Waals surface area contributed by atoms with E-state index in [0.717, 1.165) is 12.0 Å². The van der Waals surface area contributed by atoms with Crippen LogP contribution in [0, 0.1) is 6.92 Å². The van der Waals surface area contributed by atoms with E-state index in [-0.39, 0.29) is 29.4 Å². The average Bonchev–Trinajstić information content (AvgIpc) is 2.86. The topological polar surface area (TPSA) is 113 Å². The molecule has 0 saturated carbocycles. The quantitative estimate of drug-likeness (QED) is 0.343. The second-order valence-corrected chi connectivity index (χ2v) is 9.00. The molecule has 0 saturated heterocycles. The molecule has 4 rings (SSSR count). The zero-order valence-corrected chi connectivity index (χ0v) is 21.1. The number of aromatic nitrogens is 1. The first-order valence-electron chi connectivity index (χ1n) is 12.2. The molecule has 1 aliphatic carbocycles. The van der Waals surface area contributed by atoms with E-state index in [9.17, 15) is 19.2 Å². The second-order valence-electron chi connectivity index (χ2n) is 9.00. The van der Waals surface area contributed by atoms with Crippen LogP contribution >= 0.6 is 0 Å². The predicted molar refractivity (Wildman–Crippen MR) is 134 cm³/mol. The van der Waals surface area contributed by atoms with Crippen molar-refractivity contribution >= 4 is 28.7 Å². The molecule has 8 nitrogen and oxygen atoms in total. The van der Waals surface area contributed by atoms with E-state index >= 15 is 0 Å². The van der Waals surface area contributed by atoms with Crippen molar-refractivity contribution in [2.75, 3.05) is 13.7 Å². The Morgan fingerprint density at radius 2 is 1.83 bits per heavy atom. The molecular formula is C28H29NO7. The summed E-state index contributed by atoms with van der Waals surface area (Å²) in [4.78, 5) is 55.7. The van der Waals surface area contributed by atoms with Gasteiger partial charge < -0.3 is 13.9 Å². The summed E-state index contributed by atoms with van der Waals surface area (Å²) in [6.45, 7) is 7.50. The number of benzene rings is 1. The van der Waals surface area contributed by atoms with Gasteiger partial charge in [-0.05, 0) is 68.4 Å². The number of aryl methyl sites for hydroxylation is 2. The molecule has 0 radical (unpaired) electrons. The first-order chi connectivity index (χ1) is 17.2. The number of carbonyl (C=O) groups is 3. The highest BCUT2D eigenvalue weighted by molar-refractivity contribution is 6.11. The number of esters is 2. The molecule has 0 N–H and O–H groups in total. The van der Waals surface area contributed by atoms with Gasteiger partial charge in [-0.25, -0.2) is 14.4 Å². The SMILES string of the molecule is CCOC(=O)c1cc2cc(-c3c(C(=O)OC)c(C)nc4c3C(=O)CCC4)cc(C(C)CC)c2oc1=O. The van der Waals surface area contributed by atoms with Crippen LogP contribution in [0.15, 0.2) is 27.4 Å². The number of hydrogen-bond acceptors (Lipinski definition) is 8. The van der Waals surface area contributed by atoms with Crippen LogP contribution in [0.2, 0.25) is 0 Å². The van der Waals surface area contributed by atoms with Crippen molar-refractivity contribution in [2.45, 2.75) is 59.3 Å². The summed E-state index contributed by atoms with van der Waals surface area (Å²) in [5.41, 5.74) is 2.94. The third kappa shape index (κ3) is 4.32. The molecule has 0 fully saturated rings. The van der Waals surface area contributed by atoms with Gasteiger partial charge in [-0.3, -0.25) is 9.78 Å². The van der Waals surface area contributed by atoms with Crippen LogP contribution in [0.1, 0.15) is 94.0 Å². The van der Waals surface area contributed by atoms with Gasteiger partial charge in [0.2, 0.25) is 0 Å². The summed E-state index contributed by atoms with van der Waals surface area (Å²) in [6, 6.07) is 5.04. The molecular weight excluding hydrogens is 462 g/mol. The van der Waals surface area contributed by atoms with E-state index < -0.39 is 17.6 Å². The fourth-order valence-electron chi connectivity index (χ4n) is 4.77. The van der Waals surface area contributed by atoms with E-state index in [1.165, 1.54) is 13.2 Å². The maximum Gasteiger partial charge on any atom is 0.351 e. The summed E-state index contributed by atoms with van der Waals surface area (Å²) in [7, 11) is 1.29. The highest BCUT2D eigenvalue weighted by atomic mass is 16.5. The van der Waals surface area contributed by atoms with Gasteiger partial charge in [0, 0.05) is 22.9 Å². The Bertz CT molecular complexity index is 1450. The van der Waals surface area contributed by atoms with Gasteiger partial charge in [-0.1, -0.05) is 13.8 Å². The van der Waals surface area contributed by atoms with E-state index in [4.69, 9.17) is 13.9 Å². The largest absolute Gasteiger partial charge is 0.465 e. The zero-order valence-electron chi connectivity index (χ0n) is 21.1. The molecule has 36 heavy (non-hydrogen) atoms. The van der Waals surface area contributed by atoms with E-state index in [1.807, 2.05) is 19.9 Å². The molecule has 0 aliphatic heterocycles. The van der Waals surface area contributed by atoms with E-state index in [2.05, 4.69) is 4.98 Å². The van der Waals surface area contributed by atoms with Gasteiger partial charge in [0.15, 0.2) is 5.78 Å². The van der Waals surface area contributed by atoms with Crippen LogP contribution in [0.4, 0.5) is 0 Å². The molecule has 0 bridgehead atoms. The Morgan fingerprint density at radius 1 is 1.08 bits per heavy atom. The fourth-order valence-corrected chi connectivity index (χ4v) is 4.77. The molecule has 1 atom stereocenters. The molecule has 3 aromatic rings. The molecule has 2 heterocycles. The minimum absolute atomic E-state index is 0.0138. The molecule has 188 valence electrons. The molecule has 1 unspecified atom stereocenters. The number of rotatable bonds is 6. The van der Waals surface area contributed by atoms with Crippen LogP contribution in [-0.2, 0) is 15.9 Å². The lowest BCUT2D eigenvalue weighted by Gasteiger charge is -2.23. The maximum absolute atomic E-state index is 13.1. The summed E-state index contributed by atoms with van der Waals surface area (Å²) in [5, 5.41) is 0.493. The van der Waals surface area contributed by atoms with Crippen LogP contribution in [0.5, 0.6) is 0 Å². The average molecular weight is 492 g/mol. The molecule has 1 aromatic carbocycles. The fraction of sp³-hybridized carbons (Fsp3) is 0.393. The van der Waals surface area contributed by atoms with Crippen molar-refractivity contribution in [2.24, 2.45) is 0 Å². The summed E-state index contributed by atoms with van der Waals surface area (Å²) in [5.74, 6) is -1.46. The third-order valence-corrected chi connectivity index (χ3v) is 6.73. The number of fused-ring (bicyclic) bond motifs is 2. The lowest BCUT2D eigenvalue weighted by molar-refractivity contribution is 0.0520. The molecule has 1 aliphatic rings. The normalized spacial score (nSPS) is 13.9. The molecule has 0 spiro atoms. The van der Waals surface area contributed by atoms with Crippen molar-refractivity contribution in [3.8, 4) is 11.1 Å². The van der Waals surface area contributed by atoms with Crippen LogP contribution < -0.4 is 5.63 Å². The Labute approximate surface area is 208 Å². The van der Waals surface area contributed by atoms with Crippen LogP contribution in [-0.4, -0.2) is 36.4 Å². The number of hydrogen-bond donors (Lipinski definition) is 0. The van der Waals surface area contributed by atoms with E-state index in [0.29, 0.717) is 58.3 Å². The van der Waals surface area contributed by atoms with Crippen molar-refractivity contribution in [1.29, 1.82) is 0 Å². The number of Topliss-reactive ketones (excluding diaryl/α,β-unsaturated/α-hetero) is 1. The van der Waals surface area contributed by atoms with Crippen molar-refractivity contribution < 1.29 is 28.3 Å². The van der Waals surface area contributed by atoms with Crippen molar-refractivity contribution in [3.05, 3.63) is 62.3 Å². The number of nitrogens with zero attached hydrogens (tertiary/aromatic N) is 1. The summed E-state index contributed by atoms with van der Waals surface area (Å²) in [6.07, 6.45) is 2.43. The predicted octanol–water partition coefficient (Wildman–Crippen LogP) is 5.16. The van der Waals surface area contributed by atoms with Gasteiger partial charge in [0.05, 0.1) is 30.7 Å². The van der Waals surface area contributed by atoms with Gasteiger partial charge in [0.25, 0.3) is 0 Å². The number of methoxy groups -OCH3 is 1. The molecule has 8 heteroatoms. The van der Waals surface area contributed by atoms with Gasteiger partial charge >= 0.3 is 17.6 Å². The van der Waals surface area contributed by atoms with Crippen molar-refractivity contribution in [1.82, 2.24) is 4.98 Å². The Balaban J connectivity index is 2.13. The number of ether oxygens (including phenoxy) is 2. The number of pyridine rings is 1. The second kappa shape index (κ2) is 10.0. The number of carbonyl (C=O) groups excluding carboxylic acids is 3. The Morgan fingerprint density at radius 3 is 2.50 bits per heavy atom. The monoisotopic (exact) mass is 491 g/mol. The molecule has 2 aromatic heterocycles. The highest BCUT2D eigenvalue weighted by Gasteiger charge is 2.31. The van der Waals surface area contributed by atoms with Crippen LogP contribution in [0.25, 0.3) is 22.1 Å². The number of ketones is 1. The first-order valence-corrected chi connectivity index (χ1v) is 12.2. The smallest absolute Gasteiger partial charge is 0.351 e. The highest BCUT2D eigenvalue weighted by Crippen LogP contribution is 2.39. The summed E-state index contributed by atoms with van der Waals surface area (Å²) < 4.78 is 15.7. The van der Waals surface area contributed by atoms with Gasteiger partial charge in [-0.15, -0.1) is 0 Å². The van der Waals surface area contributed by atoms with Gasteiger partial charge in [-0.2, -0.15) is 0 Å². The Hall–Kier alpha value is -3.81. The maximum atomic E-state index is 13.1. The molecule has 0 amide bonds. The third-order valence-electron chi connectivity index (χ3n) is 6.73. The zero-order chi connectivity index (χ0) is 26.1. The lowest BCUT2D eigenvalue weighted by Crippen LogP contribution is -2.20. The standard InChI is InChI=1S/C28H29NO7/c1-6-14(3)18-12-16(11-17-13-19(26(31)35-7-2)27(32)36-25(17)18)23-22(28(33)34-5)15(4)29-20-9-8-10-21(30)24(20)23/h11-14H,6-10H2,1-5H3. The minimum Gasteiger partial charge on any atom is -0.465 e. The summed E-state index contributed by atoms with van der Waals surface area (Å²) >= 11 is 0.